The van der Waals surface area contributed by atoms with Gasteiger partial charge in [-0.15, -0.1) is 0 Å². The van der Waals surface area contributed by atoms with Gasteiger partial charge >= 0.3 is 0 Å². The van der Waals surface area contributed by atoms with Gasteiger partial charge in [-0.05, 0) is 79.3 Å². The van der Waals surface area contributed by atoms with E-state index in [4.69, 9.17) is 9.47 Å². The van der Waals surface area contributed by atoms with Gasteiger partial charge < -0.3 is 14.8 Å². The van der Waals surface area contributed by atoms with Crippen LogP contribution in [0.15, 0.2) is 76.5 Å². The number of hydrogen-bond donors (Lipinski definition) is 1. The third-order valence-electron chi connectivity index (χ3n) is 8.04. The molecule has 10 nitrogen and oxygen atoms in total. The third kappa shape index (κ3) is 7.29. The molecule has 1 saturated heterocycles. The number of amides is 1. The molecule has 3 aromatic carbocycles. The molecule has 1 fully saturated rings. The first-order valence-electron chi connectivity index (χ1n) is 15.2. The van der Waals surface area contributed by atoms with E-state index in [-0.39, 0.29) is 34.9 Å². The van der Waals surface area contributed by atoms with Crippen molar-refractivity contribution in [1.82, 2.24) is 9.62 Å². The molecule has 1 N–H and O–H groups in total. The number of benzene rings is 3. The molecule has 2 heterocycles. The Morgan fingerprint density at radius 3 is 2.16 bits per heavy atom. The lowest BCUT2D eigenvalue weighted by molar-refractivity contribution is -0.127. The van der Waals surface area contributed by atoms with Gasteiger partial charge in [0.1, 0.15) is 18.1 Å². The smallest absolute Gasteiger partial charge is 0.264 e. The number of hydrogen-bond acceptors (Lipinski definition) is 7. The maximum atomic E-state index is 13.9. The Bertz CT molecular complexity index is 1730. The van der Waals surface area contributed by atoms with Gasteiger partial charge in [0.25, 0.3) is 15.9 Å². The normalized spacial score (nSPS) is 17.7. The van der Waals surface area contributed by atoms with Gasteiger partial charge in [-0.2, -0.15) is 4.31 Å². The van der Waals surface area contributed by atoms with E-state index in [0.717, 1.165) is 30.4 Å². The molecule has 0 aliphatic carbocycles. The van der Waals surface area contributed by atoms with Crippen molar-refractivity contribution in [1.29, 1.82) is 0 Å². The summed E-state index contributed by atoms with van der Waals surface area (Å²) in [6, 6.07) is 18.3. The van der Waals surface area contributed by atoms with Crippen molar-refractivity contribution in [2.24, 2.45) is 0 Å². The van der Waals surface area contributed by atoms with Gasteiger partial charge in [-0.1, -0.05) is 51.0 Å². The highest BCUT2D eigenvalue weighted by Crippen LogP contribution is 2.40. The summed E-state index contributed by atoms with van der Waals surface area (Å²) in [6.07, 6.45) is 1.68. The van der Waals surface area contributed by atoms with Crippen LogP contribution in [0.5, 0.6) is 11.5 Å². The number of piperidine rings is 1. The monoisotopic (exact) mass is 655 g/mol. The van der Waals surface area contributed by atoms with E-state index >= 15 is 0 Å². The number of sulfonamides is 2. The Hall–Kier alpha value is -3.61. The zero-order valence-electron chi connectivity index (χ0n) is 26.2. The fourth-order valence-corrected chi connectivity index (χ4v) is 8.32. The predicted molar refractivity (Wildman–Crippen MR) is 173 cm³/mol. The summed E-state index contributed by atoms with van der Waals surface area (Å²) < 4.78 is 68.0. The van der Waals surface area contributed by atoms with Crippen LogP contribution < -0.4 is 19.1 Å². The fraction of sp³-hybridized carbons (Fsp3) is 0.424. The fourth-order valence-electron chi connectivity index (χ4n) is 5.34. The first-order chi connectivity index (χ1) is 21.3. The van der Waals surface area contributed by atoms with Crippen molar-refractivity contribution < 1.29 is 31.1 Å². The first kappa shape index (κ1) is 32.8. The molecular formula is C33H41N3O7S2. The van der Waals surface area contributed by atoms with E-state index in [1.54, 1.807) is 42.5 Å². The largest absolute Gasteiger partial charge is 0.492 e. The van der Waals surface area contributed by atoms with Crippen LogP contribution in [0.3, 0.4) is 0 Å². The second-order valence-corrected chi connectivity index (χ2v) is 16.3. The predicted octanol–water partition coefficient (Wildman–Crippen LogP) is 4.62. The summed E-state index contributed by atoms with van der Waals surface area (Å²) in [4.78, 5) is 13.6. The molecule has 0 unspecified atom stereocenters. The molecule has 242 valence electrons. The quantitative estimate of drug-likeness (QED) is 0.334. The lowest BCUT2D eigenvalue weighted by Gasteiger charge is -2.36. The van der Waals surface area contributed by atoms with E-state index in [9.17, 15) is 21.6 Å². The Kier molecular flexibility index (Phi) is 9.48. The molecular weight excluding hydrogens is 615 g/mol. The Morgan fingerprint density at radius 2 is 1.51 bits per heavy atom. The van der Waals surface area contributed by atoms with E-state index < -0.39 is 32.1 Å². The van der Waals surface area contributed by atoms with E-state index in [2.05, 4.69) is 5.32 Å². The van der Waals surface area contributed by atoms with Gasteiger partial charge in [0.2, 0.25) is 10.0 Å². The minimum atomic E-state index is -4.00. The lowest BCUT2D eigenvalue weighted by Crippen LogP contribution is -2.51. The Labute approximate surface area is 266 Å². The van der Waals surface area contributed by atoms with Crippen molar-refractivity contribution in [2.75, 3.05) is 37.1 Å². The minimum absolute atomic E-state index is 0.119. The number of ether oxygens (including phenoxy) is 2. The van der Waals surface area contributed by atoms with E-state index in [0.29, 0.717) is 30.3 Å². The van der Waals surface area contributed by atoms with Crippen LogP contribution in [-0.2, 0) is 30.3 Å². The van der Waals surface area contributed by atoms with Crippen molar-refractivity contribution in [3.05, 3.63) is 77.9 Å². The van der Waals surface area contributed by atoms with Gasteiger partial charge in [0, 0.05) is 13.1 Å². The zero-order chi connectivity index (χ0) is 32.4. The Morgan fingerprint density at radius 1 is 0.889 bits per heavy atom. The molecule has 5 rings (SSSR count). The minimum Gasteiger partial charge on any atom is -0.492 e. The zero-order valence-corrected chi connectivity index (χ0v) is 27.8. The number of carbonyl (C=O) groups excluding carboxylic acids is 1. The molecule has 2 aliphatic heterocycles. The van der Waals surface area contributed by atoms with Gasteiger partial charge in [0.05, 0.1) is 28.6 Å². The summed E-state index contributed by atoms with van der Waals surface area (Å²) in [7, 11) is -7.53. The molecule has 0 spiro atoms. The number of fused-ring (bicyclic) bond motifs is 1. The SMILES string of the molecule is Cc1ccc(S(=O)(=O)N2C[C@@H](C(=O)NCCOc3ccc(S(=O)(=O)N4CCCCC4)cc3)Oc3ccc(C(C)(C)C)cc32)cc1. The van der Waals surface area contributed by atoms with E-state index in [1.807, 2.05) is 39.8 Å². The third-order valence-corrected chi connectivity index (χ3v) is 11.7. The summed E-state index contributed by atoms with van der Waals surface area (Å²) in [5.41, 5.74) is 2.03. The van der Waals surface area contributed by atoms with Crippen LogP contribution in [-0.4, -0.2) is 65.9 Å². The molecule has 1 amide bonds. The highest BCUT2D eigenvalue weighted by Gasteiger charge is 2.38. The van der Waals surface area contributed by atoms with Gasteiger partial charge in [-0.25, -0.2) is 16.8 Å². The molecule has 2 aliphatic rings. The maximum absolute atomic E-state index is 13.9. The van der Waals surface area contributed by atoms with Crippen LogP contribution >= 0.6 is 0 Å². The number of nitrogens with one attached hydrogen (secondary N) is 1. The summed E-state index contributed by atoms with van der Waals surface area (Å²) in [6.45, 7) is 9.13. The topological polar surface area (TPSA) is 122 Å². The average molecular weight is 656 g/mol. The molecule has 0 saturated carbocycles. The van der Waals surface area contributed by atoms with Crippen LogP contribution in [0.2, 0.25) is 0 Å². The number of carbonyl (C=O) groups is 1. The van der Waals surface area contributed by atoms with E-state index in [1.165, 1.54) is 20.7 Å². The van der Waals surface area contributed by atoms with Crippen molar-refractivity contribution in [3.8, 4) is 11.5 Å². The number of rotatable bonds is 9. The van der Waals surface area contributed by atoms with Crippen molar-refractivity contribution in [3.63, 3.8) is 0 Å². The average Bonchev–Trinajstić information content (AvgIpc) is 3.02. The summed E-state index contributed by atoms with van der Waals surface area (Å²) in [5, 5.41) is 2.77. The molecule has 3 aromatic rings. The first-order valence-corrected chi connectivity index (χ1v) is 18.1. The van der Waals surface area contributed by atoms with Crippen LogP contribution in [0.1, 0.15) is 51.2 Å². The second kappa shape index (κ2) is 13.0. The molecule has 1 atom stereocenters. The highest BCUT2D eigenvalue weighted by atomic mass is 32.2. The summed E-state index contributed by atoms with van der Waals surface area (Å²) in [5.74, 6) is 0.298. The highest BCUT2D eigenvalue weighted by molar-refractivity contribution is 7.92. The molecule has 12 heteroatoms. The van der Waals surface area contributed by atoms with Crippen molar-refractivity contribution >= 4 is 31.6 Å². The van der Waals surface area contributed by atoms with Gasteiger partial charge in [-0.3, -0.25) is 9.10 Å². The summed E-state index contributed by atoms with van der Waals surface area (Å²) >= 11 is 0. The number of nitrogens with zero attached hydrogens (tertiary/aromatic N) is 2. The van der Waals surface area contributed by atoms with Crippen LogP contribution in [0.25, 0.3) is 0 Å². The number of aryl methyl sites for hydroxylation is 1. The van der Waals surface area contributed by atoms with Gasteiger partial charge in [0.15, 0.2) is 6.10 Å². The lowest BCUT2D eigenvalue weighted by atomic mass is 9.86. The Balaban J connectivity index is 1.24. The second-order valence-electron chi connectivity index (χ2n) is 12.5. The van der Waals surface area contributed by atoms with Crippen LogP contribution in [0, 0.1) is 6.92 Å². The molecule has 45 heavy (non-hydrogen) atoms. The van der Waals surface area contributed by atoms with Crippen LogP contribution in [0.4, 0.5) is 5.69 Å². The van der Waals surface area contributed by atoms with Crippen molar-refractivity contribution in [2.45, 2.75) is 68.3 Å². The molecule has 0 aromatic heterocycles. The standard InChI is InChI=1S/C33H41N3O7S2/c1-24-8-13-28(14-9-24)45(40,41)36-23-31(43-30-17-10-25(22-29(30)36)33(2,3)4)32(37)34-18-21-42-26-11-15-27(16-12-26)44(38,39)35-19-6-5-7-20-35/h8-17,22,31H,5-7,18-21,23H2,1-4H3,(H,34,37)/t31-/m0/s1. The molecule has 0 bridgehead atoms. The number of anilines is 1. The molecule has 0 radical (unpaired) electrons. The maximum Gasteiger partial charge on any atom is 0.264 e.